The standard InChI is InChI=1S/C27H31N3O6/c1-34-21-13-11-19(12-14-21)25(27(33)29-20-7-3-2-4-8-20)30(18-22-9-5-15-35-22)24(31)17-28-26(32)23-10-6-16-36-23/h5-6,9-16,20,25H,2-4,7-8,17-18H2,1H3,(H,28,32)(H,29,33)/t25-/m0/s1. The summed E-state index contributed by atoms with van der Waals surface area (Å²) in [6.07, 6.45) is 8.00. The molecule has 0 unspecified atom stereocenters. The summed E-state index contributed by atoms with van der Waals surface area (Å²) in [5.74, 6) is 0.0286. The van der Waals surface area contributed by atoms with E-state index in [1.165, 1.54) is 23.5 Å². The van der Waals surface area contributed by atoms with Gasteiger partial charge in [-0.2, -0.15) is 0 Å². The van der Waals surface area contributed by atoms with Crippen molar-refractivity contribution in [3.63, 3.8) is 0 Å². The number of hydrogen-bond donors (Lipinski definition) is 2. The van der Waals surface area contributed by atoms with Crippen LogP contribution in [0.25, 0.3) is 0 Å². The average molecular weight is 494 g/mol. The summed E-state index contributed by atoms with van der Waals surface area (Å²) in [5.41, 5.74) is 0.626. The third kappa shape index (κ3) is 6.35. The summed E-state index contributed by atoms with van der Waals surface area (Å²) >= 11 is 0. The number of rotatable bonds is 10. The van der Waals surface area contributed by atoms with Crippen LogP contribution in [-0.4, -0.2) is 42.3 Å². The number of hydrogen-bond acceptors (Lipinski definition) is 6. The Morgan fingerprint density at radius 1 is 1.00 bits per heavy atom. The van der Waals surface area contributed by atoms with Gasteiger partial charge in [0.15, 0.2) is 5.76 Å². The van der Waals surface area contributed by atoms with Crippen LogP contribution in [-0.2, 0) is 16.1 Å². The molecule has 1 fully saturated rings. The van der Waals surface area contributed by atoms with E-state index < -0.39 is 17.9 Å². The van der Waals surface area contributed by atoms with Crippen molar-refractivity contribution in [2.24, 2.45) is 0 Å². The second-order valence-electron chi connectivity index (χ2n) is 8.78. The average Bonchev–Trinajstić information content (AvgIpc) is 3.62. The lowest BCUT2D eigenvalue weighted by molar-refractivity contribution is -0.141. The third-order valence-corrected chi connectivity index (χ3v) is 6.31. The Morgan fingerprint density at radius 3 is 2.36 bits per heavy atom. The van der Waals surface area contributed by atoms with E-state index in [2.05, 4.69) is 10.6 Å². The number of amides is 3. The van der Waals surface area contributed by atoms with Crippen LogP contribution >= 0.6 is 0 Å². The van der Waals surface area contributed by atoms with Gasteiger partial charge >= 0.3 is 0 Å². The molecule has 3 aromatic rings. The first kappa shape index (κ1) is 25.1. The van der Waals surface area contributed by atoms with Gasteiger partial charge in [-0.25, -0.2) is 0 Å². The maximum atomic E-state index is 13.7. The van der Waals surface area contributed by atoms with E-state index in [1.54, 1.807) is 49.6 Å². The van der Waals surface area contributed by atoms with Gasteiger partial charge in [0.25, 0.3) is 5.91 Å². The molecule has 1 aliphatic carbocycles. The normalized spacial score (nSPS) is 14.6. The lowest BCUT2D eigenvalue weighted by Crippen LogP contribution is -2.49. The molecule has 9 heteroatoms. The predicted molar refractivity (Wildman–Crippen MR) is 131 cm³/mol. The summed E-state index contributed by atoms with van der Waals surface area (Å²) in [6, 6.07) is 12.7. The fourth-order valence-electron chi connectivity index (χ4n) is 4.43. The molecule has 0 bridgehead atoms. The third-order valence-electron chi connectivity index (χ3n) is 6.31. The number of ether oxygens (including phenoxy) is 1. The molecule has 0 aliphatic heterocycles. The van der Waals surface area contributed by atoms with Crippen molar-refractivity contribution in [1.29, 1.82) is 0 Å². The van der Waals surface area contributed by atoms with Crippen LogP contribution < -0.4 is 15.4 Å². The summed E-state index contributed by atoms with van der Waals surface area (Å²) in [5, 5.41) is 5.73. The van der Waals surface area contributed by atoms with E-state index in [4.69, 9.17) is 13.6 Å². The minimum Gasteiger partial charge on any atom is -0.497 e. The second kappa shape index (κ2) is 12.1. The molecule has 1 aromatic carbocycles. The Balaban J connectivity index is 1.61. The maximum Gasteiger partial charge on any atom is 0.287 e. The van der Waals surface area contributed by atoms with Gasteiger partial charge in [-0.1, -0.05) is 31.4 Å². The van der Waals surface area contributed by atoms with Crippen molar-refractivity contribution in [3.05, 3.63) is 78.1 Å². The van der Waals surface area contributed by atoms with Gasteiger partial charge in [-0.05, 0) is 54.8 Å². The van der Waals surface area contributed by atoms with Gasteiger partial charge in [0.05, 0.1) is 32.7 Å². The Bertz CT molecular complexity index is 1120. The number of carbonyl (C=O) groups is 3. The number of methoxy groups -OCH3 is 1. The lowest BCUT2D eigenvalue weighted by atomic mass is 9.94. The zero-order valence-electron chi connectivity index (χ0n) is 20.3. The highest BCUT2D eigenvalue weighted by Gasteiger charge is 2.33. The van der Waals surface area contributed by atoms with Crippen LogP contribution in [0.5, 0.6) is 5.75 Å². The molecule has 1 atom stereocenters. The van der Waals surface area contributed by atoms with Crippen LogP contribution in [0.15, 0.2) is 69.9 Å². The minimum atomic E-state index is -0.934. The highest BCUT2D eigenvalue weighted by atomic mass is 16.5. The van der Waals surface area contributed by atoms with E-state index in [1.807, 2.05) is 0 Å². The van der Waals surface area contributed by atoms with Crippen molar-refractivity contribution in [2.75, 3.05) is 13.7 Å². The zero-order valence-corrected chi connectivity index (χ0v) is 20.3. The number of furan rings is 2. The SMILES string of the molecule is COc1ccc([C@@H](C(=O)NC2CCCCC2)N(Cc2ccco2)C(=O)CNC(=O)c2ccco2)cc1. The highest BCUT2D eigenvalue weighted by Crippen LogP contribution is 2.27. The molecule has 1 aliphatic rings. The molecular weight excluding hydrogens is 462 g/mol. The van der Waals surface area contributed by atoms with Crippen LogP contribution in [0.3, 0.4) is 0 Å². The zero-order chi connectivity index (χ0) is 25.3. The summed E-state index contributed by atoms with van der Waals surface area (Å²) in [4.78, 5) is 41.0. The molecule has 2 aromatic heterocycles. The van der Waals surface area contributed by atoms with E-state index in [0.717, 1.165) is 32.1 Å². The quantitative estimate of drug-likeness (QED) is 0.444. The van der Waals surface area contributed by atoms with Gasteiger partial charge in [0.2, 0.25) is 11.8 Å². The first-order valence-corrected chi connectivity index (χ1v) is 12.1. The predicted octanol–water partition coefficient (Wildman–Crippen LogP) is 3.83. The topological polar surface area (TPSA) is 114 Å². The minimum absolute atomic E-state index is 0.0528. The molecule has 1 saturated carbocycles. The molecule has 2 heterocycles. The summed E-state index contributed by atoms with van der Waals surface area (Å²) in [6.45, 7) is -0.263. The molecule has 0 radical (unpaired) electrons. The molecule has 2 N–H and O–H groups in total. The monoisotopic (exact) mass is 493 g/mol. The smallest absolute Gasteiger partial charge is 0.287 e. The van der Waals surface area contributed by atoms with Crippen molar-refractivity contribution >= 4 is 17.7 Å². The molecule has 0 saturated heterocycles. The highest BCUT2D eigenvalue weighted by molar-refractivity contribution is 5.95. The Morgan fingerprint density at radius 2 is 1.72 bits per heavy atom. The number of nitrogens with zero attached hydrogens (tertiary/aromatic N) is 1. The molecule has 190 valence electrons. The summed E-state index contributed by atoms with van der Waals surface area (Å²) in [7, 11) is 1.57. The van der Waals surface area contributed by atoms with Crippen LogP contribution in [0, 0.1) is 0 Å². The van der Waals surface area contributed by atoms with Crippen LogP contribution in [0.4, 0.5) is 0 Å². The number of carbonyl (C=O) groups excluding carboxylic acids is 3. The van der Waals surface area contributed by atoms with Crippen molar-refractivity contribution in [1.82, 2.24) is 15.5 Å². The molecule has 0 spiro atoms. The first-order valence-electron chi connectivity index (χ1n) is 12.1. The van der Waals surface area contributed by atoms with Crippen molar-refractivity contribution in [3.8, 4) is 5.75 Å². The Hall–Kier alpha value is -4.01. The Labute approximate surface area is 209 Å². The molecule has 9 nitrogen and oxygen atoms in total. The fraction of sp³-hybridized carbons (Fsp3) is 0.370. The van der Waals surface area contributed by atoms with E-state index in [-0.39, 0.29) is 30.8 Å². The lowest BCUT2D eigenvalue weighted by Gasteiger charge is -2.33. The van der Waals surface area contributed by atoms with Crippen molar-refractivity contribution < 1.29 is 28.0 Å². The van der Waals surface area contributed by atoms with Gasteiger partial charge < -0.3 is 29.1 Å². The van der Waals surface area contributed by atoms with Crippen LogP contribution in [0.1, 0.15) is 60.0 Å². The summed E-state index contributed by atoms with van der Waals surface area (Å²) < 4.78 is 15.9. The van der Waals surface area contributed by atoms with E-state index in [9.17, 15) is 14.4 Å². The largest absolute Gasteiger partial charge is 0.497 e. The molecule has 4 rings (SSSR count). The molecule has 36 heavy (non-hydrogen) atoms. The maximum absolute atomic E-state index is 13.7. The molecule has 3 amide bonds. The van der Waals surface area contributed by atoms with Gasteiger partial charge in [-0.15, -0.1) is 0 Å². The van der Waals surface area contributed by atoms with Crippen LogP contribution in [0.2, 0.25) is 0 Å². The van der Waals surface area contributed by atoms with Gasteiger partial charge in [0, 0.05) is 6.04 Å². The van der Waals surface area contributed by atoms with Crippen molar-refractivity contribution in [2.45, 2.75) is 50.7 Å². The first-order chi connectivity index (χ1) is 17.5. The van der Waals surface area contributed by atoms with Gasteiger partial charge in [-0.3, -0.25) is 14.4 Å². The van der Waals surface area contributed by atoms with Gasteiger partial charge in [0.1, 0.15) is 17.6 Å². The van der Waals surface area contributed by atoms with E-state index >= 15 is 0 Å². The number of nitrogens with one attached hydrogen (secondary N) is 2. The Kier molecular flexibility index (Phi) is 8.44. The number of benzene rings is 1. The molecular formula is C27H31N3O6. The van der Waals surface area contributed by atoms with E-state index in [0.29, 0.717) is 17.1 Å². The fourth-order valence-corrected chi connectivity index (χ4v) is 4.43. The second-order valence-corrected chi connectivity index (χ2v) is 8.78.